The van der Waals surface area contributed by atoms with Crippen molar-refractivity contribution in [2.24, 2.45) is 0 Å². The molecule has 0 rings (SSSR count). The van der Waals surface area contributed by atoms with E-state index in [2.05, 4.69) is 24.1 Å². The Kier molecular flexibility index (Phi) is 10.9. The molecule has 0 fully saturated rings. The van der Waals surface area contributed by atoms with Gasteiger partial charge in [-0.25, -0.2) is 0 Å². The second-order valence-corrected chi connectivity index (χ2v) is 4.91. The zero-order chi connectivity index (χ0) is 14.5. The lowest BCUT2D eigenvalue weighted by Gasteiger charge is -2.13. The molecular formula is C15H28N2O2. The minimum atomic E-state index is -0.106. The van der Waals surface area contributed by atoms with Crippen LogP contribution < -0.4 is 10.6 Å². The van der Waals surface area contributed by atoms with Crippen LogP contribution in [-0.2, 0) is 9.59 Å². The average molecular weight is 268 g/mol. The third-order valence-corrected chi connectivity index (χ3v) is 2.92. The topological polar surface area (TPSA) is 58.2 Å². The van der Waals surface area contributed by atoms with E-state index in [1.54, 1.807) is 6.08 Å². The fraction of sp³-hybridized carbons (Fsp3) is 0.733. The van der Waals surface area contributed by atoms with Gasteiger partial charge in [0.2, 0.25) is 11.8 Å². The average Bonchev–Trinajstić information content (AvgIpc) is 2.39. The van der Waals surface area contributed by atoms with Gasteiger partial charge in [0.1, 0.15) is 0 Å². The van der Waals surface area contributed by atoms with Crippen LogP contribution in [0.2, 0.25) is 0 Å². The fourth-order valence-electron chi connectivity index (χ4n) is 1.80. The van der Waals surface area contributed by atoms with Gasteiger partial charge in [-0.1, -0.05) is 38.7 Å². The summed E-state index contributed by atoms with van der Waals surface area (Å²) in [5.74, 6) is -0.151. The predicted octanol–water partition coefficient (Wildman–Crippen LogP) is 2.54. The molecular weight excluding hydrogens is 240 g/mol. The van der Waals surface area contributed by atoms with Crippen molar-refractivity contribution in [1.29, 1.82) is 0 Å². The van der Waals surface area contributed by atoms with Gasteiger partial charge in [0.25, 0.3) is 0 Å². The molecule has 0 saturated heterocycles. The highest BCUT2D eigenvalue weighted by Gasteiger charge is 2.09. The Morgan fingerprint density at radius 2 is 1.84 bits per heavy atom. The van der Waals surface area contributed by atoms with E-state index >= 15 is 0 Å². The summed E-state index contributed by atoms with van der Waals surface area (Å²) in [5.41, 5.74) is 0. The van der Waals surface area contributed by atoms with Crippen molar-refractivity contribution >= 4 is 11.8 Å². The zero-order valence-electron chi connectivity index (χ0n) is 12.3. The maximum atomic E-state index is 11.6. The van der Waals surface area contributed by atoms with Gasteiger partial charge in [0, 0.05) is 25.4 Å². The second-order valence-electron chi connectivity index (χ2n) is 4.91. The van der Waals surface area contributed by atoms with E-state index in [0.717, 1.165) is 12.8 Å². The number of carbonyl (C=O) groups is 2. The molecule has 4 heteroatoms. The largest absolute Gasteiger partial charge is 0.354 e. The summed E-state index contributed by atoms with van der Waals surface area (Å²) in [6.45, 7) is 8.17. The first kappa shape index (κ1) is 17.7. The van der Waals surface area contributed by atoms with Crippen molar-refractivity contribution in [3.05, 3.63) is 12.7 Å². The van der Waals surface area contributed by atoms with E-state index in [-0.39, 0.29) is 30.7 Å². The third-order valence-electron chi connectivity index (χ3n) is 2.92. The number of carbonyl (C=O) groups excluding carboxylic acids is 2. The maximum absolute atomic E-state index is 11.6. The smallest absolute Gasteiger partial charge is 0.220 e. The summed E-state index contributed by atoms with van der Waals surface area (Å²) in [4.78, 5) is 22.9. The molecule has 0 aromatic rings. The van der Waals surface area contributed by atoms with Gasteiger partial charge in [-0.3, -0.25) is 9.59 Å². The minimum Gasteiger partial charge on any atom is -0.354 e. The Morgan fingerprint density at radius 1 is 1.16 bits per heavy atom. The molecule has 19 heavy (non-hydrogen) atoms. The molecule has 0 unspecified atom stereocenters. The Morgan fingerprint density at radius 3 is 2.47 bits per heavy atom. The summed E-state index contributed by atoms with van der Waals surface area (Å²) in [7, 11) is 0. The van der Waals surface area contributed by atoms with E-state index in [4.69, 9.17) is 0 Å². The van der Waals surface area contributed by atoms with E-state index in [9.17, 15) is 9.59 Å². The fourth-order valence-corrected chi connectivity index (χ4v) is 1.80. The van der Waals surface area contributed by atoms with Crippen LogP contribution in [0.4, 0.5) is 0 Å². The predicted molar refractivity (Wildman–Crippen MR) is 78.8 cm³/mol. The first-order valence-corrected chi connectivity index (χ1v) is 7.27. The van der Waals surface area contributed by atoms with Gasteiger partial charge in [-0.15, -0.1) is 6.58 Å². The lowest BCUT2D eigenvalue weighted by atomic mass is 10.1. The van der Waals surface area contributed by atoms with E-state index in [1.807, 2.05) is 6.92 Å². The molecule has 0 spiro atoms. The maximum Gasteiger partial charge on any atom is 0.220 e. The Bertz CT molecular complexity index is 277. The molecule has 0 aliphatic carbocycles. The Labute approximate surface area is 117 Å². The molecule has 0 bridgehead atoms. The Hall–Kier alpha value is -1.32. The Balaban J connectivity index is 3.61. The van der Waals surface area contributed by atoms with Crippen molar-refractivity contribution < 1.29 is 9.59 Å². The van der Waals surface area contributed by atoms with Crippen LogP contribution in [-0.4, -0.2) is 24.4 Å². The standard InChI is InChI=1S/C15H28N2O2/c1-4-6-7-8-9-13(3)17-15(19)11-10-14(18)16-12-5-2/h5,13H,2,4,6-12H2,1,3H3,(H,16,18)(H,17,19)/t13-/m1/s1. The summed E-state index contributed by atoms with van der Waals surface area (Å²) in [5, 5.41) is 5.58. The number of hydrogen-bond acceptors (Lipinski definition) is 2. The van der Waals surface area contributed by atoms with Crippen LogP contribution in [0.1, 0.15) is 58.8 Å². The first-order valence-electron chi connectivity index (χ1n) is 7.27. The van der Waals surface area contributed by atoms with Crippen LogP contribution in [0.15, 0.2) is 12.7 Å². The quantitative estimate of drug-likeness (QED) is 0.447. The zero-order valence-corrected chi connectivity index (χ0v) is 12.3. The van der Waals surface area contributed by atoms with Crippen molar-refractivity contribution in [3.8, 4) is 0 Å². The lowest BCUT2D eigenvalue weighted by Crippen LogP contribution is -2.33. The molecule has 1 atom stereocenters. The highest BCUT2D eigenvalue weighted by molar-refractivity contribution is 5.83. The van der Waals surface area contributed by atoms with Crippen molar-refractivity contribution in [2.45, 2.75) is 64.8 Å². The number of unbranched alkanes of at least 4 members (excludes halogenated alkanes) is 3. The summed E-state index contributed by atoms with van der Waals surface area (Å²) in [6.07, 6.45) is 7.97. The molecule has 110 valence electrons. The SMILES string of the molecule is C=CCNC(=O)CCC(=O)N[C@H](C)CCCCCC. The number of rotatable bonds is 11. The van der Waals surface area contributed by atoms with Gasteiger partial charge in [0.05, 0.1) is 0 Å². The van der Waals surface area contributed by atoms with Crippen molar-refractivity contribution in [2.75, 3.05) is 6.54 Å². The summed E-state index contributed by atoms with van der Waals surface area (Å²) < 4.78 is 0. The van der Waals surface area contributed by atoms with Crippen LogP contribution in [0.25, 0.3) is 0 Å². The number of hydrogen-bond donors (Lipinski definition) is 2. The molecule has 4 nitrogen and oxygen atoms in total. The third kappa shape index (κ3) is 11.5. The molecule has 0 aromatic heterocycles. The molecule has 0 aliphatic heterocycles. The minimum absolute atomic E-state index is 0.0447. The van der Waals surface area contributed by atoms with Gasteiger partial charge < -0.3 is 10.6 Å². The number of amides is 2. The van der Waals surface area contributed by atoms with Gasteiger partial charge in [-0.05, 0) is 13.3 Å². The molecule has 0 aromatic carbocycles. The summed E-state index contributed by atoms with van der Waals surface area (Å²) in [6, 6.07) is 0.195. The number of nitrogens with one attached hydrogen (secondary N) is 2. The molecule has 0 aliphatic rings. The highest BCUT2D eigenvalue weighted by atomic mass is 16.2. The van der Waals surface area contributed by atoms with Crippen LogP contribution in [0.3, 0.4) is 0 Å². The molecule has 2 N–H and O–H groups in total. The molecule has 0 heterocycles. The van der Waals surface area contributed by atoms with Crippen LogP contribution in [0.5, 0.6) is 0 Å². The highest BCUT2D eigenvalue weighted by Crippen LogP contribution is 2.05. The van der Waals surface area contributed by atoms with E-state index in [1.165, 1.54) is 19.3 Å². The van der Waals surface area contributed by atoms with Crippen molar-refractivity contribution in [1.82, 2.24) is 10.6 Å². The van der Waals surface area contributed by atoms with E-state index in [0.29, 0.717) is 6.54 Å². The molecule has 0 saturated carbocycles. The summed E-state index contributed by atoms with van der Waals surface area (Å²) >= 11 is 0. The van der Waals surface area contributed by atoms with Crippen LogP contribution in [0, 0.1) is 0 Å². The van der Waals surface area contributed by atoms with Crippen molar-refractivity contribution in [3.63, 3.8) is 0 Å². The van der Waals surface area contributed by atoms with E-state index < -0.39 is 0 Å². The van der Waals surface area contributed by atoms with Crippen LogP contribution >= 0.6 is 0 Å². The lowest BCUT2D eigenvalue weighted by molar-refractivity contribution is -0.126. The first-order chi connectivity index (χ1) is 9.10. The van der Waals surface area contributed by atoms with Gasteiger partial charge in [0.15, 0.2) is 0 Å². The van der Waals surface area contributed by atoms with Gasteiger partial charge >= 0.3 is 0 Å². The molecule has 2 amide bonds. The monoisotopic (exact) mass is 268 g/mol. The second kappa shape index (κ2) is 11.8. The normalized spacial score (nSPS) is 11.7. The van der Waals surface area contributed by atoms with Gasteiger partial charge in [-0.2, -0.15) is 0 Å². The molecule has 0 radical (unpaired) electrons.